The van der Waals surface area contributed by atoms with Gasteiger partial charge in [0.05, 0.1) is 26.5 Å². The van der Waals surface area contributed by atoms with Crippen molar-refractivity contribution in [1.82, 2.24) is 29.5 Å². The van der Waals surface area contributed by atoms with Crippen LogP contribution in [0.2, 0.25) is 30.3 Å². The van der Waals surface area contributed by atoms with E-state index in [9.17, 15) is 26.3 Å². The van der Waals surface area contributed by atoms with E-state index in [1.165, 1.54) is 24.4 Å². The van der Waals surface area contributed by atoms with Gasteiger partial charge in [0.2, 0.25) is 0 Å². The molecule has 39 heavy (non-hydrogen) atoms. The van der Waals surface area contributed by atoms with E-state index in [4.69, 9.17) is 69.6 Å². The highest BCUT2D eigenvalue weighted by Crippen LogP contribution is 2.41. The first-order valence-corrected chi connectivity index (χ1v) is 11.9. The first-order valence-electron chi connectivity index (χ1n) is 9.66. The number of aryl methyl sites for hydroxylation is 2. The summed E-state index contributed by atoms with van der Waals surface area (Å²) in [7, 11) is 2.30. The van der Waals surface area contributed by atoms with Gasteiger partial charge in [0.25, 0.3) is 0 Å². The van der Waals surface area contributed by atoms with E-state index in [2.05, 4.69) is 20.2 Å². The number of hydrogen-bond acceptors (Lipinski definition) is 4. The molecule has 0 amide bonds. The quantitative estimate of drug-likeness (QED) is 0.157. The molecule has 0 N–H and O–H groups in total. The van der Waals surface area contributed by atoms with Crippen LogP contribution in [0.5, 0.6) is 0 Å². The van der Waals surface area contributed by atoms with Gasteiger partial charge in [0.15, 0.2) is 11.4 Å². The third-order valence-electron chi connectivity index (χ3n) is 4.61. The minimum absolute atomic E-state index is 0. The molecule has 4 aromatic heterocycles. The van der Waals surface area contributed by atoms with Crippen LogP contribution in [0, 0.1) is 0 Å². The summed E-state index contributed by atoms with van der Waals surface area (Å²) < 4.78 is 77.9. The molecule has 0 unspecified atom stereocenters. The van der Waals surface area contributed by atoms with Crippen molar-refractivity contribution < 1.29 is 26.3 Å². The summed E-state index contributed by atoms with van der Waals surface area (Å²) in [6, 6.07) is 4.10. The lowest BCUT2D eigenvalue weighted by Gasteiger charge is -2.06. The SMILES string of the molecule is C.Cn1nc(-c2cc(Cl)c(Cl)cn2)c(Cl)c1C(F)(F)F.Cn1nc(-c2ccc(Cl)c(Cl)n2)c(Cl)c1C(F)(F)F. The molecule has 0 bridgehead atoms. The van der Waals surface area contributed by atoms with E-state index >= 15 is 0 Å². The Morgan fingerprint density at radius 2 is 1.13 bits per heavy atom. The molecule has 0 aliphatic carbocycles. The fourth-order valence-corrected chi connectivity index (χ4v) is 4.28. The average molecular weight is 677 g/mol. The van der Waals surface area contributed by atoms with Gasteiger partial charge in [-0.05, 0) is 18.2 Å². The average Bonchev–Trinajstić information content (AvgIpc) is 3.26. The van der Waals surface area contributed by atoms with E-state index in [0.29, 0.717) is 9.36 Å². The van der Waals surface area contributed by atoms with Crippen molar-refractivity contribution in [3.63, 3.8) is 0 Å². The van der Waals surface area contributed by atoms with Gasteiger partial charge >= 0.3 is 12.4 Å². The maximum absolute atomic E-state index is 12.8. The van der Waals surface area contributed by atoms with Gasteiger partial charge in [-0.1, -0.05) is 77.0 Å². The Labute approximate surface area is 247 Å². The van der Waals surface area contributed by atoms with Crippen molar-refractivity contribution >= 4 is 69.6 Å². The molecular formula is C21H14Cl6F6N6. The first kappa shape index (κ1) is 33.2. The van der Waals surface area contributed by atoms with Gasteiger partial charge in [0.1, 0.15) is 26.6 Å². The van der Waals surface area contributed by atoms with E-state index in [1.54, 1.807) is 0 Å². The second-order valence-electron chi connectivity index (χ2n) is 7.22. The maximum atomic E-state index is 12.8. The van der Waals surface area contributed by atoms with Crippen molar-refractivity contribution in [1.29, 1.82) is 0 Å². The summed E-state index contributed by atoms with van der Waals surface area (Å²) in [4.78, 5) is 7.71. The lowest BCUT2D eigenvalue weighted by molar-refractivity contribution is -0.144. The van der Waals surface area contributed by atoms with E-state index in [-0.39, 0.29) is 50.4 Å². The summed E-state index contributed by atoms with van der Waals surface area (Å²) in [5.74, 6) is 0. The molecule has 0 aliphatic heterocycles. The van der Waals surface area contributed by atoms with E-state index in [1.807, 2.05) is 0 Å². The van der Waals surface area contributed by atoms with Gasteiger partial charge in [-0.25, -0.2) is 4.98 Å². The van der Waals surface area contributed by atoms with Gasteiger partial charge in [-0.2, -0.15) is 36.5 Å². The van der Waals surface area contributed by atoms with Gasteiger partial charge in [0, 0.05) is 20.3 Å². The number of rotatable bonds is 2. The van der Waals surface area contributed by atoms with Crippen LogP contribution in [0.4, 0.5) is 26.3 Å². The Morgan fingerprint density at radius 3 is 1.51 bits per heavy atom. The van der Waals surface area contributed by atoms with Crippen molar-refractivity contribution in [2.24, 2.45) is 14.1 Å². The van der Waals surface area contributed by atoms with Crippen LogP contribution in [-0.4, -0.2) is 29.5 Å². The van der Waals surface area contributed by atoms with Crippen LogP contribution >= 0.6 is 69.6 Å². The zero-order chi connectivity index (χ0) is 28.7. The number of pyridine rings is 2. The Hall–Kier alpha value is -1.96. The van der Waals surface area contributed by atoms with Crippen molar-refractivity contribution in [3.05, 3.63) is 66.1 Å². The molecule has 0 atom stereocenters. The van der Waals surface area contributed by atoms with Crippen LogP contribution in [0.15, 0.2) is 24.4 Å². The number of alkyl halides is 6. The molecule has 212 valence electrons. The summed E-state index contributed by atoms with van der Waals surface area (Å²) in [6.45, 7) is 0. The minimum atomic E-state index is -4.60. The van der Waals surface area contributed by atoms with Crippen LogP contribution in [0.25, 0.3) is 22.8 Å². The Kier molecular flexibility index (Phi) is 10.5. The highest BCUT2D eigenvalue weighted by molar-refractivity contribution is 6.42. The van der Waals surface area contributed by atoms with Crippen molar-refractivity contribution in [2.75, 3.05) is 0 Å². The van der Waals surface area contributed by atoms with Crippen LogP contribution in [-0.2, 0) is 26.4 Å². The lowest BCUT2D eigenvalue weighted by atomic mass is 10.2. The summed E-state index contributed by atoms with van der Waals surface area (Å²) in [5, 5.41) is 6.88. The second-order valence-corrected chi connectivity index (χ2v) is 9.55. The zero-order valence-electron chi connectivity index (χ0n) is 18.5. The molecule has 0 saturated carbocycles. The topological polar surface area (TPSA) is 61.4 Å². The van der Waals surface area contributed by atoms with E-state index in [0.717, 1.165) is 14.1 Å². The molecule has 0 fully saturated rings. The van der Waals surface area contributed by atoms with Gasteiger partial charge in [-0.3, -0.25) is 14.3 Å². The monoisotopic (exact) mass is 674 g/mol. The minimum Gasteiger partial charge on any atom is -0.261 e. The molecule has 0 aliphatic rings. The molecule has 18 heteroatoms. The van der Waals surface area contributed by atoms with Gasteiger partial charge < -0.3 is 0 Å². The first-order chi connectivity index (χ1) is 17.4. The third kappa shape index (κ3) is 7.22. The Morgan fingerprint density at radius 1 is 0.667 bits per heavy atom. The lowest BCUT2D eigenvalue weighted by Crippen LogP contribution is -2.12. The van der Waals surface area contributed by atoms with Gasteiger partial charge in [-0.15, -0.1) is 0 Å². The number of hydrogen-bond donors (Lipinski definition) is 0. The highest BCUT2D eigenvalue weighted by atomic mass is 35.5. The van der Waals surface area contributed by atoms with Crippen molar-refractivity contribution in [2.45, 2.75) is 19.8 Å². The summed E-state index contributed by atoms with van der Waals surface area (Å²) >= 11 is 34.3. The molecule has 4 rings (SSSR count). The van der Waals surface area contributed by atoms with E-state index < -0.39 is 33.8 Å². The second kappa shape index (κ2) is 12.3. The maximum Gasteiger partial charge on any atom is 0.434 e. The molecular weight excluding hydrogens is 663 g/mol. The van der Waals surface area contributed by atoms with Crippen LogP contribution < -0.4 is 0 Å². The predicted molar refractivity (Wildman–Crippen MR) is 140 cm³/mol. The highest BCUT2D eigenvalue weighted by Gasteiger charge is 2.40. The predicted octanol–water partition coefficient (Wildman–Crippen LogP) is 9.56. The number of halogens is 12. The van der Waals surface area contributed by atoms with Crippen molar-refractivity contribution in [3.8, 4) is 22.8 Å². The molecule has 0 spiro atoms. The molecule has 4 heterocycles. The number of aromatic nitrogens is 6. The number of nitrogens with zero attached hydrogens (tertiary/aromatic N) is 6. The van der Waals surface area contributed by atoms with Crippen LogP contribution in [0.1, 0.15) is 18.8 Å². The molecule has 0 radical (unpaired) electrons. The Balaban J connectivity index is 0.000000267. The molecule has 0 saturated heterocycles. The largest absolute Gasteiger partial charge is 0.434 e. The normalized spacial score (nSPS) is 11.6. The fourth-order valence-electron chi connectivity index (χ4n) is 3.03. The Bertz CT molecular complexity index is 1390. The third-order valence-corrected chi connectivity index (χ3v) is 6.73. The smallest absolute Gasteiger partial charge is 0.261 e. The molecule has 6 nitrogen and oxygen atoms in total. The summed E-state index contributed by atoms with van der Waals surface area (Å²) in [6.07, 6.45) is -7.99. The zero-order valence-corrected chi connectivity index (χ0v) is 23.1. The standard InChI is InChI=1S/2C10H5Cl3F3N3.CH4/c1-19-9(10(14,15)16)7(13)8(18-19)6-2-4(11)5(12)3-17-6;1-19-8(10(14,15)16)6(12)7(18-19)5-3-2-4(11)9(13)17-5;/h2*2-3H,1H3;1H4. The molecule has 0 aromatic carbocycles. The van der Waals surface area contributed by atoms with Crippen LogP contribution in [0.3, 0.4) is 0 Å². The molecule has 4 aromatic rings. The summed E-state index contributed by atoms with van der Waals surface area (Å²) in [5.41, 5.74) is -2.06. The fraction of sp³-hybridized carbons (Fsp3) is 0.238.